The maximum atomic E-state index is 11.9. The molecule has 3 N–H and O–H groups in total. The molecule has 0 saturated carbocycles. The first-order valence-electron chi connectivity index (χ1n) is 6.84. The summed E-state index contributed by atoms with van der Waals surface area (Å²) in [5.41, 5.74) is 0.638. The minimum atomic E-state index is -0.0956. The van der Waals surface area contributed by atoms with Crippen LogP contribution in [0.4, 0.5) is 0 Å². The van der Waals surface area contributed by atoms with Crippen molar-refractivity contribution in [2.45, 2.75) is 6.92 Å². The number of aliphatic imine (C=N–C) groups is 1. The van der Waals surface area contributed by atoms with Crippen LogP contribution in [0, 0.1) is 0 Å². The van der Waals surface area contributed by atoms with E-state index in [0.29, 0.717) is 25.2 Å². The van der Waals surface area contributed by atoms with Gasteiger partial charge in [-0.25, -0.2) is 0 Å². The summed E-state index contributed by atoms with van der Waals surface area (Å²) in [6, 6.07) is 7.24. The summed E-state index contributed by atoms with van der Waals surface area (Å²) in [6.45, 7) is 8.08. The largest absolute Gasteiger partial charge is 0.357 e. The van der Waals surface area contributed by atoms with Gasteiger partial charge in [0.05, 0.1) is 6.54 Å². The van der Waals surface area contributed by atoms with Crippen molar-refractivity contribution in [2.24, 2.45) is 4.99 Å². The Bertz CT molecular complexity index is 485. The second kappa shape index (κ2) is 9.99. The molecule has 0 atom stereocenters. The van der Waals surface area contributed by atoms with Gasteiger partial charge in [-0.1, -0.05) is 22.0 Å². The summed E-state index contributed by atoms with van der Waals surface area (Å²) in [5, 5.41) is 9.05. The number of hydrogen-bond donors (Lipinski definition) is 3. The van der Waals surface area contributed by atoms with E-state index in [1.54, 1.807) is 18.2 Å². The Morgan fingerprint density at radius 3 is 2.62 bits per heavy atom. The highest BCUT2D eigenvalue weighted by Crippen LogP contribution is 2.10. The Morgan fingerprint density at radius 1 is 1.29 bits per heavy atom. The van der Waals surface area contributed by atoms with Crippen LogP contribution in [0.25, 0.3) is 0 Å². The first-order valence-corrected chi connectivity index (χ1v) is 7.63. The number of nitrogens with one attached hydrogen (secondary N) is 3. The van der Waals surface area contributed by atoms with E-state index in [-0.39, 0.29) is 5.91 Å². The van der Waals surface area contributed by atoms with Crippen molar-refractivity contribution >= 4 is 27.8 Å². The van der Waals surface area contributed by atoms with Gasteiger partial charge in [0, 0.05) is 29.7 Å². The molecule has 21 heavy (non-hydrogen) atoms. The van der Waals surface area contributed by atoms with Gasteiger partial charge in [-0.3, -0.25) is 9.79 Å². The van der Waals surface area contributed by atoms with Gasteiger partial charge < -0.3 is 16.0 Å². The van der Waals surface area contributed by atoms with Crippen LogP contribution in [0.2, 0.25) is 0 Å². The van der Waals surface area contributed by atoms with Crippen LogP contribution in [-0.4, -0.2) is 38.0 Å². The topological polar surface area (TPSA) is 65.5 Å². The molecule has 1 aromatic carbocycles. The third kappa shape index (κ3) is 6.94. The Hall–Kier alpha value is -1.82. The van der Waals surface area contributed by atoms with Gasteiger partial charge in [0.25, 0.3) is 5.91 Å². The SMILES string of the molecule is C=CCNC(=NCCNC(=O)c1ccc(Br)cc1)NCC. The van der Waals surface area contributed by atoms with Crippen LogP contribution in [0.15, 0.2) is 46.4 Å². The lowest BCUT2D eigenvalue weighted by Crippen LogP contribution is -2.38. The molecule has 1 rings (SSSR count). The van der Waals surface area contributed by atoms with Crippen LogP contribution in [0.5, 0.6) is 0 Å². The van der Waals surface area contributed by atoms with E-state index >= 15 is 0 Å². The third-order valence-electron chi connectivity index (χ3n) is 2.53. The van der Waals surface area contributed by atoms with Crippen molar-refractivity contribution in [2.75, 3.05) is 26.2 Å². The van der Waals surface area contributed by atoms with E-state index in [4.69, 9.17) is 0 Å². The maximum Gasteiger partial charge on any atom is 0.251 e. The lowest BCUT2D eigenvalue weighted by molar-refractivity contribution is 0.0955. The van der Waals surface area contributed by atoms with Crippen LogP contribution in [0.1, 0.15) is 17.3 Å². The number of halogens is 1. The normalized spacial score (nSPS) is 10.9. The number of rotatable bonds is 7. The fraction of sp³-hybridized carbons (Fsp3) is 0.333. The molecule has 0 saturated heterocycles. The van der Waals surface area contributed by atoms with Crippen molar-refractivity contribution in [3.05, 3.63) is 47.0 Å². The highest BCUT2D eigenvalue weighted by molar-refractivity contribution is 9.10. The average Bonchev–Trinajstić information content (AvgIpc) is 2.49. The smallest absolute Gasteiger partial charge is 0.251 e. The van der Waals surface area contributed by atoms with Crippen molar-refractivity contribution in [3.8, 4) is 0 Å². The van der Waals surface area contributed by atoms with Gasteiger partial charge in [-0.05, 0) is 31.2 Å². The maximum absolute atomic E-state index is 11.9. The Labute approximate surface area is 134 Å². The van der Waals surface area contributed by atoms with E-state index in [0.717, 1.165) is 17.0 Å². The molecule has 0 radical (unpaired) electrons. The van der Waals surface area contributed by atoms with Gasteiger partial charge >= 0.3 is 0 Å². The number of carbonyl (C=O) groups is 1. The minimum Gasteiger partial charge on any atom is -0.357 e. The fourth-order valence-corrected chi connectivity index (χ4v) is 1.82. The monoisotopic (exact) mass is 352 g/mol. The number of hydrogen-bond acceptors (Lipinski definition) is 2. The van der Waals surface area contributed by atoms with Crippen molar-refractivity contribution in [3.63, 3.8) is 0 Å². The zero-order valence-electron chi connectivity index (χ0n) is 12.2. The number of nitrogens with zero attached hydrogens (tertiary/aromatic N) is 1. The van der Waals surface area contributed by atoms with Gasteiger partial charge in [0.15, 0.2) is 5.96 Å². The lowest BCUT2D eigenvalue weighted by Gasteiger charge is -2.09. The summed E-state index contributed by atoms with van der Waals surface area (Å²) in [7, 11) is 0. The molecule has 6 heteroatoms. The predicted octanol–water partition coefficient (Wildman–Crippen LogP) is 1.92. The van der Waals surface area contributed by atoms with Gasteiger partial charge in [-0.2, -0.15) is 0 Å². The molecule has 1 aromatic rings. The second-order valence-corrected chi connectivity index (χ2v) is 5.11. The quantitative estimate of drug-likeness (QED) is 0.304. The molecule has 0 spiro atoms. The zero-order valence-corrected chi connectivity index (χ0v) is 13.7. The number of guanidine groups is 1. The lowest BCUT2D eigenvalue weighted by atomic mass is 10.2. The Balaban J connectivity index is 2.38. The standard InChI is InChI=1S/C15H21BrN4O/c1-3-9-19-15(17-4-2)20-11-10-18-14(21)12-5-7-13(16)8-6-12/h3,5-8H,1,4,9-11H2,2H3,(H,18,21)(H2,17,19,20). The summed E-state index contributed by atoms with van der Waals surface area (Å²) in [5.74, 6) is 0.622. The fourth-order valence-electron chi connectivity index (χ4n) is 1.55. The molecule has 1 amide bonds. The number of amides is 1. The predicted molar refractivity (Wildman–Crippen MR) is 90.7 cm³/mol. The van der Waals surface area contributed by atoms with Gasteiger partial charge in [0.1, 0.15) is 0 Å². The summed E-state index contributed by atoms with van der Waals surface area (Å²) in [6.07, 6.45) is 1.77. The van der Waals surface area contributed by atoms with Crippen molar-refractivity contribution in [1.82, 2.24) is 16.0 Å². The molecule has 5 nitrogen and oxygen atoms in total. The molecular weight excluding hydrogens is 332 g/mol. The molecule has 0 aromatic heterocycles. The average molecular weight is 353 g/mol. The molecule has 0 fully saturated rings. The van der Waals surface area contributed by atoms with Crippen LogP contribution in [0.3, 0.4) is 0 Å². The molecule has 0 aliphatic carbocycles. The molecule has 0 aliphatic rings. The van der Waals surface area contributed by atoms with Gasteiger partial charge in [-0.15, -0.1) is 6.58 Å². The molecular formula is C15H21BrN4O. The van der Waals surface area contributed by atoms with Gasteiger partial charge in [0.2, 0.25) is 0 Å². The highest BCUT2D eigenvalue weighted by Gasteiger charge is 2.03. The highest BCUT2D eigenvalue weighted by atomic mass is 79.9. The first-order chi connectivity index (χ1) is 10.2. The summed E-state index contributed by atoms with van der Waals surface area (Å²) >= 11 is 3.34. The first kappa shape index (κ1) is 17.2. The van der Waals surface area contributed by atoms with E-state index in [1.165, 1.54) is 0 Å². The zero-order chi connectivity index (χ0) is 15.5. The molecule has 0 aliphatic heterocycles. The molecule has 114 valence electrons. The van der Waals surface area contributed by atoms with E-state index in [1.807, 2.05) is 19.1 Å². The second-order valence-electron chi connectivity index (χ2n) is 4.19. The Kier molecular flexibility index (Phi) is 8.19. The molecule has 0 bridgehead atoms. The van der Waals surface area contributed by atoms with Crippen molar-refractivity contribution in [1.29, 1.82) is 0 Å². The van der Waals surface area contributed by atoms with E-state index in [2.05, 4.69) is 43.5 Å². The van der Waals surface area contributed by atoms with Crippen molar-refractivity contribution < 1.29 is 4.79 Å². The third-order valence-corrected chi connectivity index (χ3v) is 3.06. The van der Waals surface area contributed by atoms with E-state index < -0.39 is 0 Å². The molecule has 0 heterocycles. The van der Waals surface area contributed by atoms with E-state index in [9.17, 15) is 4.79 Å². The van der Waals surface area contributed by atoms with Crippen LogP contribution < -0.4 is 16.0 Å². The number of benzene rings is 1. The number of carbonyl (C=O) groups excluding carboxylic acids is 1. The van der Waals surface area contributed by atoms with Crippen LogP contribution >= 0.6 is 15.9 Å². The molecule has 0 unspecified atom stereocenters. The Morgan fingerprint density at radius 2 is 2.00 bits per heavy atom. The van der Waals surface area contributed by atoms with Crippen LogP contribution in [-0.2, 0) is 0 Å². The summed E-state index contributed by atoms with van der Waals surface area (Å²) < 4.78 is 0.951. The summed E-state index contributed by atoms with van der Waals surface area (Å²) in [4.78, 5) is 16.2. The minimum absolute atomic E-state index is 0.0956.